The zero-order chi connectivity index (χ0) is 8.77. The molecule has 0 heteroatoms. The van der Waals surface area contributed by atoms with Crippen LogP contribution in [0.1, 0.15) is 52.9 Å². The van der Waals surface area contributed by atoms with Crippen LogP contribution in [0.15, 0.2) is 0 Å². The molecule has 0 aromatic rings. The van der Waals surface area contributed by atoms with Crippen LogP contribution in [-0.2, 0) is 0 Å². The molecule has 0 radical (unpaired) electrons. The van der Waals surface area contributed by atoms with Crippen LogP contribution in [0.4, 0.5) is 0 Å². The van der Waals surface area contributed by atoms with Gasteiger partial charge < -0.3 is 0 Å². The second-order valence-corrected chi connectivity index (χ2v) is 5.72. The highest BCUT2D eigenvalue weighted by atomic mass is 14.5. The molecule has 2 aliphatic carbocycles. The molecule has 0 aromatic carbocycles. The van der Waals surface area contributed by atoms with Crippen molar-refractivity contribution in [2.24, 2.45) is 23.2 Å². The Morgan fingerprint density at radius 1 is 1.08 bits per heavy atom. The average Bonchev–Trinajstić information content (AvgIpc) is 2.25. The Labute approximate surface area is 76.7 Å². The van der Waals surface area contributed by atoms with E-state index in [9.17, 15) is 0 Å². The Balaban J connectivity index is 2.16. The molecule has 70 valence electrons. The molecular weight excluding hydrogens is 144 g/mol. The van der Waals surface area contributed by atoms with Crippen molar-refractivity contribution in [3.63, 3.8) is 0 Å². The van der Waals surface area contributed by atoms with Crippen LogP contribution < -0.4 is 0 Å². The van der Waals surface area contributed by atoms with E-state index < -0.39 is 0 Å². The molecule has 12 heavy (non-hydrogen) atoms. The lowest BCUT2D eigenvalue weighted by atomic mass is 9.71. The number of hydrogen-bond acceptors (Lipinski definition) is 0. The smallest absolute Gasteiger partial charge is 0.0321 e. The third-order valence-electron chi connectivity index (χ3n) is 4.40. The lowest BCUT2D eigenvalue weighted by molar-refractivity contribution is 0.158. The van der Waals surface area contributed by atoms with Crippen molar-refractivity contribution >= 4 is 0 Å². The standard InChI is InChI=1S/C12H22/c1-9-8-12(2,3)11-7-5-4-6-10(9)11/h9-11H,4-8H2,1-3H3. The normalized spacial score (nSPS) is 45.8. The zero-order valence-corrected chi connectivity index (χ0v) is 8.77. The summed E-state index contributed by atoms with van der Waals surface area (Å²) in [6.45, 7) is 7.44. The summed E-state index contributed by atoms with van der Waals surface area (Å²) in [7, 11) is 0. The second-order valence-electron chi connectivity index (χ2n) is 5.72. The Kier molecular flexibility index (Phi) is 1.97. The van der Waals surface area contributed by atoms with Gasteiger partial charge in [-0.15, -0.1) is 0 Å². The fourth-order valence-electron chi connectivity index (χ4n) is 3.94. The summed E-state index contributed by atoms with van der Waals surface area (Å²) in [5.74, 6) is 3.14. The average molecular weight is 166 g/mol. The minimum Gasteiger partial charge on any atom is -0.0622 e. The number of rotatable bonds is 0. The second kappa shape index (κ2) is 2.75. The molecule has 0 bridgehead atoms. The fraction of sp³-hybridized carbons (Fsp3) is 1.00. The van der Waals surface area contributed by atoms with Crippen molar-refractivity contribution in [3.8, 4) is 0 Å². The summed E-state index contributed by atoms with van der Waals surface area (Å²) in [5, 5.41) is 0. The first kappa shape index (κ1) is 8.59. The van der Waals surface area contributed by atoms with E-state index in [0.29, 0.717) is 5.41 Å². The van der Waals surface area contributed by atoms with Gasteiger partial charge >= 0.3 is 0 Å². The van der Waals surface area contributed by atoms with Gasteiger partial charge in [0.05, 0.1) is 0 Å². The minimum absolute atomic E-state index is 0.657. The van der Waals surface area contributed by atoms with Crippen LogP contribution in [0.2, 0.25) is 0 Å². The van der Waals surface area contributed by atoms with Gasteiger partial charge in [-0.05, 0) is 42.4 Å². The summed E-state index contributed by atoms with van der Waals surface area (Å²) in [4.78, 5) is 0. The molecule has 0 N–H and O–H groups in total. The summed E-state index contributed by atoms with van der Waals surface area (Å²) in [5.41, 5.74) is 0.657. The first-order valence-corrected chi connectivity index (χ1v) is 5.61. The Bertz CT molecular complexity index is 169. The van der Waals surface area contributed by atoms with Gasteiger partial charge in [0.15, 0.2) is 0 Å². The third kappa shape index (κ3) is 1.20. The number of fused-ring (bicyclic) bond motifs is 1. The summed E-state index contributed by atoms with van der Waals surface area (Å²) < 4.78 is 0. The minimum atomic E-state index is 0.657. The van der Waals surface area contributed by atoms with Crippen molar-refractivity contribution < 1.29 is 0 Å². The van der Waals surface area contributed by atoms with Crippen LogP contribution >= 0.6 is 0 Å². The monoisotopic (exact) mass is 166 g/mol. The molecule has 0 amide bonds. The van der Waals surface area contributed by atoms with Gasteiger partial charge in [-0.25, -0.2) is 0 Å². The predicted molar refractivity (Wildman–Crippen MR) is 53.0 cm³/mol. The van der Waals surface area contributed by atoms with E-state index in [1.165, 1.54) is 32.1 Å². The lowest BCUT2D eigenvalue weighted by Crippen LogP contribution is -2.25. The van der Waals surface area contributed by atoms with E-state index in [0.717, 1.165) is 17.8 Å². The molecule has 2 saturated carbocycles. The fourth-order valence-corrected chi connectivity index (χ4v) is 3.94. The predicted octanol–water partition coefficient (Wildman–Crippen LogP) is 3.86. The Morgan fingerprint density at radius 3 is 2.42 bits per heavy atom. The van der Waals surface area contributed by atoms with E-state index in [-0.39, 0.29) is 0 Å². The van der Waals surface area contributed by atoms with Gasteiger partial charge in [-0.2, -0.15) is 0 Å². The third-order valence-corrected chi connectivity index (χ3v) is 4.40. The highest BCUT2D eigenvalue weighted by Crippen LogP contribution is 2.55. The van der Waals surface area contributed by atoms with Gasteiger partial charge in [-0.1, -0.05) is 33.6 Å². The molecule has 3 atom stereocenters. The zero-order valence-electron chi connectivity index (χ0n) is 8.77. The first-order chi connectivity index (χ1) is 5.61. The van der Waals surface area contributed by atoms with Crippen molar-refractivity contribution in [1.82, 2.24) is 0 Å². The molecule has 2 rings (SSSR count). The SMILES string of the molecule is CC1CC(C)(C)C2CCCCC12. The Hall–Kier alpha value is 0. The molecule has 0 saturated heterocycles. The molecule has 0 spiro atoms. The van der Waals surface area contributed by atoms with Crippen LogP contribution in [0.3, 0.4) is 0 Å². The van der Waals surface area contributed by atoms with E-state index in [1.54, 1.807) is 0 Å². The number of hydrogen-bond donors (Lipinski definition) is 0. The highest BCUT2D eigenvalue weighted by Gasteiger charge is 2.46. The van der Waals surface area contributed by atoms with E-state index in [4.69, 9.17) is 0 Å². The highest BCUT2D eigenvalue weighted by molar-refractivity contribution is 4.96. The topological polar surface area (TPSA) is 0 Å². The molecular formula is C12H22. The molecule has 0 nitrogen and oxygen atoms in total. The summed E-state index contributed by atoms with van der Waals surface area (Å²) in [6, 6.07) is 0. The van der Waals surface area contributed by atoms with E-state index in [2.05, 4.69) is 20.8 Å². The molecule has 0 aliphatic heterocycles. The van der Waals surface area contributed by atoms with Gasteiger partial charge in [-0.3, -0.25) is 0 Å². The van der Waals surface area contributed by atoms with Crippen molar-refractivity contribution in [2.75, 3.05) is 0 Å². The quantitative estimate of drug-likeness (QED) is 0.512. The maximum Gasteiger partial charge on any atom is -0.0321 e. The van der Waals surface area contributed by atoms with Crippen molar-refractivity contribution in [1.29, 1.82) is 0 Å². The van der Waals surface area contributed by atoms with Gasteiger partial charge in [0.25, 0.3) is 0 Å². The molecule has 2 aliphatic rings. The van der Waals surface area contributed by atoms with Crippen molar-refractivity contribution in [2.45, 2.75) is 52.9 Å². The van der Waals surface area contributed by atoms with Crippen molar-refractivity contribution in [3.05, 3.63) is 0 Å². The maximum atomic E-state index is 2.49. The molecule has 0 aromatic heterocycles. The summed E-state index contributed by atoms with van der Waals surface area (Å²) in [6.07, 6.45) is 7.51. The van der Waals surface area contributed by atoms with Crippen LogP contribution in [0.25, 0.3) is 0 Å². The first-order valence-electron chi connectivity index (χ1n) is 5.61. The van der Waals surface area contributed by atoms with E-state index in [1.807, 2.05) is 0 Å². The van der Waals surface area contributed by atoms with Gasteiger partial charge in [0, 0.05) is 0 Å². The molecule has 3 unspecified atom stereocenters. The summed E-state index contributed by atoms with van der Waals surface area (Å²) >= 11 is 0. The Morgan fingerprint density at radius 2 is 1.75 bits per heavy atom. The maximum absolute atomic E-state index is 2.49. The van der Waals surface area contributed by atoms with Gasteiger partial charge in [0.1, 0.15) is 0 Å². The van der Waals surface area contributed by atoms with E-state index >= 15 is 0 Å². The lowest BCUT2D eigenvalue weighted by Gasteiger charge is -2.34. The van der Waals surface area contributed by atoms with Gasteiger partial charge in [0.2, 0.25) is 0 Å². The molecule has 2 fully saturated rings. The van der Waals surface area contributed by atoms with Crippen LogP contribution in [0, 0.1) is 23.2 Å². The van der Waals surface area contributed by atoms with Crippen LogP contribution in [0.5, 0.6) is 0 Å². The molecule has 0 heterocycles. The van der Waals surface area contributed by atoms with Crippen LogP contribution in [-0.4, -0.2) is 0 Å². The largest absolute Gasteiger partial charge is 0.0622 e.